The Balaban J connectivity index is 0.00000144. The van der Waals surface area contributed by atoms with E-state index in [0.29, 0.717) is 6.04 Å². The van der Waals surface area contributed by atoms with Crippen LogP contribution in [-0.2, 0) is 6.54 Å². The van der Waals surface area contributed by atoms with Gasteiger partial charge in [0.1, 0.15) is 0 Å². The molecule has 0 bridgehead atoms. The van der Waals surface area contributed by atoms with Crippen LogP contribution in [0.3, 0.4) is 0 Å². The van der Waals surface area contributed by atoms with Crippen molar-refractivity contribution in [1.82, 2.24) is 4.90 Å². The highest BCUT2D eigenvalue weighted by Gasteiger charge is 2.16. The van der Waals surface area contributed by atoms with E-state index in [2.05, 4.69) is 36.9 Å². The molecule has 1 aliphatic heterocycles. The van der Waals surface area contributed by atoms with Crippen molar-refractivity contribution in [3.05, 3.63) is 34.9 Å². The fraction of sp³-hybridized carbons (Fsp3) is 0.571. The topological polar surface area (TPSA) is 29.3 Å². The molecule has 0 radical (unpaired) electrons. The Labute approximate surface area is 111 Å². The number of benzene rings is 1. The van der Waals surface area contributed by atoms with E-state index in [1.807, 2.05) is 0 Å². The fourth-order valence-electron chi connectivity index (χ4n) is 2.39. The van der Waals surface area contributed by atoms with Gasteiger partial charge in [0.05, 0.1) is 0 Å². The summed E-state index contributed by atoms with van der Waals surface area (Å²) in [6, 6.07) is 7.13. The molecule has 0 spiro atoms. The van der Waals surface area contributed by atoms with Crippen molar-refractivity contribution < 1.29 is 0 Å². The third-order valence-electron chi connectivity index (χ3n) is 3.52. The predicted octanol–water partition coefficient (Wildman–Crippen LogP) is 2.65. The first-order valence-electron chi connectivity index (χ1n) is 6.19. The highest BCUT2D eigenvalue weighted by atomic mass is 35.5. The third kappa shape index (κ3) is 3.98. The van der Waals surface area contributed by atoms with Gasteiger partial charge >= 0.3 is 0 Å². The lowest BCUT2D eigenvalue weighted by atomic mass is 10.0. The number of nitrogens with two attached hydrogens (primary N) is 1. The number of rotatable bonds is 2. The van der Waals surface area contributed by atoms with E-state index in [0.717, 1.165) is 13.1 Å². The van der Waals surface area contributed by atoms with Gasteiger partial charge in [-0.05, 0) is 49.9 Å². The number of piperidine rings is 1. The Hall–Kier alpha value is -0.570. The fourth-order valence-corrected chi connectivity index (χ4v) is 2.39. The van der Waals surface area contributed by atoms with Crippen molar-refractivity contribution in [2.75, 3.05) is 13.1 Å². The highest BCUT2D eigenvalue weighted by Crippen LogP contribution is 2.15. The van der Waals surface area contributed by atoms with Gasteiger partial charge in [0.15, 0.2) is 0 Å². The Kier molecular flexibility index (Phi) is 5.44. The first-order valence-corrected chi connectivity index (χ1v) is 6.19. The minimum atomic E-state index is 0. The summed E-state index contributed by atoms with van der Waals surface area (Å²) in [5.41, 5.74) is 10.2. The number of hydrogen-bond donors (Lipinski definition) is 1. The standard InChI is InChI=1S/C14H22N2.ClH/c1-11-5-6-13(8-12(11)2)9-16-7-3-4-14(15)10-16;/h5-6,8,14H,3-4,7,9-10,15H2,1-2H3;1H. The first kappa shape index (κ1) is 14.5. The van der Waals surface area contributed by atoms with Crippen LogP contribution in [-0.4, -0.2) is 24.0 Å². The number of aryl methyl sites for hydroxylation is 2. The summed E-state index contributed by atoms with van der Waals surface area (Å²) in [5.74, 6) is 0. The Morgan fingerprint density at radius 3 is 2.71 bits per heavy atom. The van der Waals surface area contributed by atoms with E-state index in [4.69, 9.17) is 5.73 Å². The van der Waals surface area contributed by atoms with Gasteiger partial charge in [-0.1, -0.05) is 18.2 Å². The molecule has 0 aliphatic carbocycles. The molecule has 2 rings (SSSR count). The Morgan fingerprint density at radius 1 is 1.29 bits per heavy atom. The second-order valence-corrected chi connectivity index (χ2v) is 5.06. The second kappa shape index (κ2) is 6.39. The smallest absolute Gasteiger partial charge is 0.0234 e. The van der Waals surface area contributed by atoms with Gasteiger partial charge in [-0.3, -0.25) is 4.90 Å². The van der Waals surface area contributed by atoms with E-state index in [9.17, 15) is 0 Å². The molecule has 1 heterocycles. The van der Waals surface area contributed by atoms with Gasteiger partial charge in [-0.15, -0.1) is 12.4 Å². The molecule has 96 valence electrons. The summed E-state index contributed by atoms with van der Waals surface area (Å²) >= 11 is 0. The zero-order chi connectivity index (χ0) is 11.5. The number of hydrogen-bond acceptors (Lipinski definition) is 2. The van der Waals surface area contributed by atoms with Crippen molar-refractivity contribution in [3.8, 4) is 0 Å². The van der Waals surface area contributed by atoms with Gasteiger partial charge in [0, 0.05) is 19.1 Å². The second-order valence-electron chi connectivity index (χ2n) is 5.06. The average molecular weight is 255 g/mol. The van der Waals surface area contributed by atoms with Crippen molar-refractivity contribution >= 4 is 12.4 Å². The van der Waals surface area contributed by atoms with Gasteiger partial charge in [0.25, 0.3) is 0 Å². The van der Waals surface area contributed by atoms with Crippen LogP contribution in [0.25, 0.3) is 0 Å². The van der Waals surface area contributed by atoms with Crippen LogP contribution in [0.4, 0.5) is 0 Å². The van der Waals surface area contributed by atoms with E-state index in [1.54, 1.807) is 0 Å². The summed E-state index contributed by atoms with van der Waals surface area (Å²) in [4.78, 5) is 2.47. The molecule has 1 atom stereocenters. The van der Waals surface area contributed by atoms with E-state index >= 15 is 0 Å². The summed E-state index contributed by atoms with van der Waals surface area (Å²) in [6.07, 6.45) is 2.43. The lowest BCUT2D eigenvalue weighted by Crippen LogP contribution is -2.42. The maximum atomic E-state index is 5.99. The molecule has 1 unspecified atom stereocenters. The molecule has 2 nitrogen and oxygen atoms in total. The van der Waals surface area contributed by atoms with Crippen LogP contribution in [0.15, 0.2) is 18.2 Å². The third-order valence-corrected chi connectivity index (χ3v) is 3.52. The molecule has 1 aliphatic rings. The normalized spacial score (nSPS) is 21.0. The molecular weight excluding hydrogens is 232 g/mol. The average Bonchev–Trinajstić information content (AvgIpc) is 2.24. The molecule has 3 heteroatoms. The van der Waals surface area contributed by atoms with Crippen LogP contribution in [0.5, 0.6) is 0 Å². The van der Waals surface area contributed by atoms with Crippen LogP contribution in [0.2, 0.25) is 0 Å². The van der Waals surface area contributed by atoms with E-state index in [-0.39, 0.29) is 12.4 Å². The Bertz CT molecular complexity index is 365. The molecule has 2 N–H and O–H groups in total. The quantitative estimate of drug-likeness (QED) is 0.879. The van der Waals surface area contributed by atoms with Gasteiger partial charge in [-0.2, -0.15) is 0 Å². The van der Waals surface area contributed by atoms with Gasteiger partial charge in [-0.25, -0.2) is 0 Å². The summed E-state index contributed by atoms with van der Waals surface area (Å²) in [7, 11) is 0. The van der Waals surface area contributed by atoms with Crippen LogP contribution in [0, 0.1) is 13.8 Å². The lowest BCUT2D eigenvalue weighted by Gasteiger charge is -2.30. The van der Waals surface area contributed by atoms with Crippen molar-refractivity contribution in [2.45, 2.75) is 39.3 Å². The maximum absolute atomic E-state index is 5.99. The molecule has 1 aromatic carbocycles. The van der Waals surface area contributed by atoms with Gasteiger partial charge < -0.3 is 5.73 Å². The molecular formula is C14H23ClN2. The minimum absolute atomic E-state index is 0. The lowest BCUT2D eigenvalue weighted by molar-refractivity contribution is 0.201. The van der Waals surface area contributed by atoms with Crippen LogP contribution >= 0.6 is 12.4 Å². The minimum Gasteiger partial charge on any atom is -0.327 e. The zero-order valence-corrected chi connectivity index (χ0v) is 11.6. The molecule has 0 amide bonds. The molecule has 0 aromatic heterocycles. The SMILES string of the molecule is Cc1ccc(CN2CCCC(N)C2)cc1C.Cl. The van der Waals surface area contributed by atoms with Crippen molar-refractivity contribution in [2.24, 2.45) is 5.73 Å². The largest absolute Gasteiger partial charge is 0.327 e. The van der Waals surface area contributed by atoms with E-state index in [1.165, 1.54) is 36.1 Å². The molecule has 1 aromatic rings. The van der Waals surface area contributed by atoms with Crippen molar-refractivity contribution in [3.63, 3.8) is 0 Å². The zero-order valence-electron chi connectivity index (χ0n) is 10.8. The van der Waals surface area contributed by atoms with Crippen LogP contribution in [0.1, 0.15) is 29.5 Å². The van der Waals surface area contributed by atoms with Crippen molar-refractivity contribution in [1.29, 1.82) is 0 Å². The first-order chi connectivity index (χ1) is 7.65. The van der Waals surface area contributed by atoms with Gasteiger partial charge in [0.2, 0.25) is 0 Å². The molecule has 0 saturated carbocycles. The predicted molar refractivity (Wildman–Crippen MR) is 75.7 cm³/mol. The monoisotopic (exact) mass is 254 g/mol. The number of likely N-dealkylation sites (tertiary alicyclic amines) is 1. The van der Waals surface area contributed by atoms with Crippen LogP contribution < -0.4 is 5.73 Å². The summed E-state index contributed by atoms with van der Waals surface area (Å²) < 4.78 is 0. The molecule has 1 fully saturated rings. The number of halogens is 1. The summed E-state index contributed by atoms with van der Waals surface area (Å²) in [6.45, 7) is 7.64. The maximum Gasteiger partial charge on any atom is 0.0234 e. The summed E-state index contributed by atoms with van der Waals surface area (Å²) in [5, 5.41) is 0. The molecule has 17 heavy (non-hydrogen) atoms. The highest BCUT2D eigenvalue weighted by molar-refractivity contribution is 5.85. The number of nitrogens with zero attached hydrogens (tertiary/aromatic N) is 1. The Morgan fingerprint density at radius 2 is 2.06 bits per heavy atom. The van der Waals surface area contributed by atoms with E-state index < -0.39 is 0 Å². The molecule has 1 saturated heterocycles.